The first-order valence-corrected chi connectivity index (χ1v) is 10.1. The van der Waals surface area contributed by atoms with E-state index in [0.29, 0.717) is 6.42 Å². The molecule has 0 aliphatic heterocycles. The van der Waals surface area contributed by atoms with E-state index in [1.54, 1.807) is 0 Å². The van der Waals surface area contributed by atoms with Gasteiger partial charge < -0.3 is 4.74 Å². The predicted octanol–water partition coefficient (Wildman–Crippen LogP) is 8.40. The Morgan fingerprint density at radius 3 is 1.89 bits per heavy atom. The van der Waals surface area contributed by atoms with Crippen LogP contribution in [0.25, 0.3) is 22.3 Å². The van der Waals surface area contributed by atoms with Gasteiger partial charge in [0.1, 0.15) is 11.6 Å². The number of benzene rings is 3. The summed E-state index contributed by atoms with van der Waals surface area (Å²) in [5.74, 6) is -8.59. The Balaban J connectivity index is 2.27. The van der Waals surface area contributed by atoms with Gasteiger partial charge >= 0.3 is 12.3 Å². The number of rotatable bonds is 7. The second-order valence-corrected chi connectivity index (χ2v) is 7.54. The predicted molar refractivity (Wildman–Crippen MR) is 108 cm³/mol. The molecule has 0 saturated carbocycles. The summed E-state index contributed by atoms with van der Waals surface area (Å²) in [5.41, 5.74) is -1.95. The van der Waals surface area contributed by atoms with E-state index >= 15 is 4.39 Å². The highest BCUT2D eigenvalue weighted by molar-refractivity contribution is 5.85. The topological polar surface area (TPSA) is 9.23 Å². The Hall–Kier alpha value is -3.24. The highest BCUT2D eigenvalue weighted by Gasteiger charge is 2.60. The van der Waals surface area contributed by atoms with Crippen molar-refractivity contribution in [2.24, 2.45) is 0 Å². The molecule has 3 aromatic rings. The summed E-state index contributed by atoms with van der Waals surface area (Å²) in [7, 11) is 0. The van der Waals surface area contributed by atoms with E-state index in [1.807, 2.05) is 6.92 Å². The van der Waals surface area contributed by atoms with Crippen LogP contribution in [0.5, 0.6) is 5.75 Å². The van der Waals surface area contributed by atoms with Gasteiger partial charge in [0.25, 0.3) is 6.17 Å². The second-order valence-electron chi connectivity index (χ2n) is 7.54. The maximum Gasteiger partial charge on any atom is 0.439 e. The summed E-state index contributed by atoms with van der Waals surface area (Å²) >= 11 is 0. The van der Waals surface area contributed by atoms with E-state index in [9.17, 15) is 39.5 Å². The molecule has 0 heterocycles. The van der Waals surface area contributed by atoms with Gasteiger partial charge in [-0.1, -0.05) is 43.7 Å². The number of hydrogen-bond acceptors (Lipinski definition) is 1. The second kappa shape index (κ2) is 9.79. The summed E-state index contributed by atoms with van der Waals surface area (Å²) in [4.78, 5) is 0. The number of ether oxygens (including phenoxy) is 1. The Kier molecular flexibility index (Phi) is 7.37. The Labute approximate surface area is 193 Å². The van der Waals surface area contributed by atoms with Crippen LogP contribution in [0, 0.1) is 23.3 Å². The molecule has 0 bridgehead atoms. The van der Waals surface area contributed by atoms with Crippen LogP contribution in [0.3, 0.4) is 0 Å². The van der Waals surface area contributed by atoms with Crippen molar-refractivity contribution in [2.45, 2.75) is 38.2 Å². The number of aryl methyl sites for hydroxylation is 1. The normalized spacial score (nSPS) is 13.1. The van der Waals surface area contributed by atoms with Crippen LogP contribution < -0.4 is 4.74 Å². The molecular weight excluding hydrogens is 494 g/mol. The van der Waals surface area contributed by atoms with Crippen molar-refractivity contribution < 1.29 is 48.6 Å². The van der Waals surface area contributed by atoms with Crippen LogP contribution in [-0.4, -0.2) is 18.5 Å². The molecule has 0 aromatic heterocycles. The van der Waals surface area contributed by atoms with Crippen LogP contribution in [0.1, 0.15) is 18.9 Å². The first kappa shape index (κ1) is 26.4. The van der Waals surface area contributed by atoms with Gasteiger partial charge in [-0.05, 0) is 35.7 Å². The van der Waals surface area contributed by atoms with E-state index < -0.39 is 64.2 Å². The zero-order chi connectivity index (χ0) is 26.1. The van der Waals surface area contributed by atoms with E-state index in [-0.39, 0.29) is 11.6 Å². The van der Waals surface area contributed by atoms with E-state index in [0.717, 1.165) is 30.2 Å². The van der Waals surface area contributed by atoms with Crippen molar-refractivity contribution in [1.29, 1.82) is 0 Å². The average Bonchev–Trinajstić information content (AvgIpc) is 2.76. The summed E-state index contributed by atoms with van der Waals surface area (Å²) in [5, 5.41) is 0. The highest BCUT2D eigenvalue weighted by Crippen LogP contribution is 2.44. The minimum absolute atomic E-state index is 0.180. The van der Waals surface area contributed by atoms with Gasteiger partial charge in [-0.15, -0.1) is 0 Å². The number of halogens is 10. The Bertz CT molecular complexity index is 1180. The van der Waals surface area contributed by atoms with Crippen molar-refractivity contribution in [2.75, 3.05) is 0 Å². The van der Waals surface area contributed by atoms with E-state index in [4.69, 9.17) is 0 Å². The van der Waals surface area contributed by atoms with Crippen molar-refractivity contribution in [3.8, 4) is 28.0 Å². The van der Waals surface area contributed by atoms with Crippen LogP contribution in [0.2, 0.25) is 0 Å². The van der Waals surface area contributed by atoms with Crippen molar-refractivity contribution >= 4 is 0 Å². The molecule has 3 rings (SSSR count). The molecule has 0 aliphatic rings. The zero-order valence-electron chi connectivity index (χ0n) is 17.8. The van der Waals surface area contributed by atoms with Crippen LogP contribution in [0.15, 0.2) is 48.5 Å². The Morgan fingerprint density at radius 2 is 1.37 bits per heavy atom. The lowest BCUT2D eigenvalue weighted by Gasteiger charge is -2.24. The molecule has 0 saturated heterocycles. The molecule has 1 unspecified atom stereocenters. The van der Waals surface area contributed by atoms with Gasteiger partial charge in [-0.2, -0.15) is 22.0 Å². The van der Waals surface area contributed by atoms with Gasteiger partial charge in [0.2, 0.25) is 0 Å². The lowest BCUT2D eigenvalue weighted by molar-refractivity contribution is -0.306. The quantitative estimate of drug-likeness (QED) is 0.290. The Morgan fingerprint density at radius 1 is 0.800 bits per heavy atom. The third-order valence-electron chi connectivity index (χ3n) is 5.01. The monoisotopic (exact) mass is 510 g/mol. The molecule has 35 heavy (non-hydrogen) atoms. The highest BCUT2D eigenvalue weighted by atomic mass is 19.4. The third-order valence-corrected chi connectivity index (χ3v) is 5.01. The molecular formula is C24H16F10O. The van der Waals surface area contributed by atoms with Gasteiger partial charge in [-0.3, -0.25) is 0 Å². The van der Waals surface area contributed by atoms with Crippen molar-refractivity contribution in [3.63, 3.8) is 0 Å². The molecule has 3 aromatic carbocycles. The average molecular weight is 510 g/mol. The van der Waals surface area contributed by atoms with Gasteiger partial charge in [0, 0.05) is 11.1 Å². The van der Waals surface area contributed by atoms with E-state index in [1.165, 1.54) is 24.3 Å². The maximum absolute atomic E-state index is 15.4. The van der Waals surface area contributed by atoms with Crippen molar-refractivity contribution in [1.82, 2.24) is 0 Å². The first-order chi connectivity index (χ1) is 16.3. The fourth-order valence-corrected chi connectivity index (χ4v) is 3.43. The third kappa shape index (κ3) is 5.38. The van der Waals surface area contributed by atoms with Gasteiger partial charge in [-0.25, -0.2) is 22.0 Å². The molecule has 0 N–H and O–H groups in total. The summed E-state index contributed by atoms with van der Waals surface area (Å²) in [6.45, 7) is 1.87. The standard InChI is InChI=1S/C24H16F10O/c1-2-4-12-7-9-13(10-8-12)18-14(19-15(25)5-3-6-16(19)26)11-17(27)21(20(18)28)35-24(33,34)22(29)23(30,31)32/h3,5-11,22H,2,4H2,1H3. The van der Waals surface area contributed by atoms with Crippen LogP contribution >= 0.6 is 0 Å². The molecule has 0 aliphatic carbocycles. The smallest absolute Gasteiger partial charge is 0.424 e. The zero-order valence-corrected chi connectivity index (χ0v) is 17.8. The lowest BCUT2D eigenvalue weighted by atomic mass is 9.92. The SMILES string of the molecule is CCCc1ccc(-c2c(-c3c(F)cccc3F)cc(F)c(OC(F)(F)C(F)C(F)(F)F)c2F)cc1. The molecule has 1 atom stereocenters. The molecule has 0 radical (unpaired) electrons. The van der Waals surface area contributed by atoms with Crippen molar-refractivity contribution in [3.05, 3.63) is 77.4 Å². The van der Waals surface area contributed by atoms with Crippen LogP contribution in [-0.2, 0) is 6.42 Å². The molecule has 188 valence electrons. The summed E-state index contributed by atoms with van der Waals surface area (Å²) in [6, 6.07) is 8.22. The fourth-order valence-electron chi connectivity index (χ4n) is 3.43. The molecule has 0 fully saturated rings. The van der Waals surface area contributed by atoms with Crippen LogP contribution in [0.4, 0.5) is 43.9 Å². The first-order valence-electron chi connectivity index (χ1n) is 10.1. The minimum atomic E-state index is -6.11. The maximum atomic E-state index is 15.4. The molecule has 0 spiro atoms. The van der Waals surface area contributed by atoms with Gasteiger partial charge in [0.05, 0.1) is 5.56 Å². The number of alkyl halides is 6. The lowest BCUT2D eigenvalue weighted by Crippen LogP contribution is -2.46. The van der Waals surface area contributed by atoms with Gasteiger partial charge in [0.15, 0.2) is 17.4 Å². The van der Waals surface area contributed by atoms with E-state index in [2.05, 4.69) is 4.74 Å². The fraction of sp³-hybridized carbons (Fsp3) is 0.250. The molecule has 11 heteroatoms. The minimum Gasteiger partial charge on any atom is -0.424 e. The molecule has 1 nitrogen and oxygen atoms in total. The number of hydrogen-bond donors (Lipinski definition) is 0. The molecule has 0 amide bonds. The summed E-state index contributed by atoms with van der Waals surface area (Å²) < 4.78 is 141. The summed E-state index contributed by atoms with van der Waals surface area (Å²) in [6.07, 6.45) is -15.4. The largest absolute Gasteiger partial charge is 0.439 e.